The molecule has 5 N–H and O–H groups in total. The molecule has 3 aromatic rings. The van der Waals surface area contributed by atoms with Crippen LogP contribution < -0.4 is 10.6 Å². The molecule has 0 amide bonds. The zero-order valence-corrected chi connectivity index (χ0v) is 21.2. The molecular weight excluding hydrogens is 462 g/mol. The molecule has 0 spiro atoms. The number of rotatable bonds is 10. The van der Waals surface area contributed by atoms with E-state index in [1.807, 2.05) is 42.5 Å². The van der Waals surface area contributed by atoms with E-state index in [9.17, 15) is 15.3 Å². The number of benzene rings is 3. The molecule has 194 valence electrons. The first-order valence-corrected chi connectivity index (χ1v) is 13.3. The fourth-order valence-electron chi connectivity index (χ4n) is 5.77. The third-order valence-electron chi connectivity index (χ3n) is 7.57. The largest absolute Gasteiger partial charge is 0.508 e. The molecule has 2 heterocycles. The van der Waals surface area contributed by atoms with E-state index in [2.05, 4.69) is 39.8 Å². The molecule has 3 aromatic carbocycles. The van der Waals surface area contributed by atoms with Crippen molar-refractivity contribution in [2.24, 2.45) is 11.8 Å². The highest BCUT2D eigenvalue weighted by molar-refractivity contribution is 5.98. The van der Waals surface area contributed by atoms with E-state index >= 15 is 0 Å². The third-order valence-corrected chi connectivity index (χ3v) is 7.57. The first-order chi connectivity index (χ1) is 18.1. The number of fused-ring (bicyclic) bond motifs is 1. The summed E-state index contributed by atoms with van der Waals surface area (Å²) in [4.78, 5) is 2.36. The molecule has 5 rings (SSSR count). The average Bonchev–Trinajstić information content (AvgIpc) is 3.50. The van der Waals surface area contributed by atoms with Gasteiger partial charge in [-0.05, 0) is 89.9 Å². The number of nitrogens with one attached hydrogen (secondary N) is 2. The Morgan fingerprint density at radius 1 is 0.865 bits per heavy atom. The lowest BCUT2D eigenvalue weighted by Gasteiger charge is -2.22. The van der Waals surface area contributed by atoms with Crippen LogP contribution in [0.1, 0.15) is 29.5 Å². The van der Waals surface area contributed by atoms with Crippen LogP contribution in [-0.4, -0.2) is 65.8 Å². The van der Waals surface area contributed by atoms with E-state index in [-0.39, 0.29) is 12.4 Å². The van der Waals surface area contributed by atoms with Crippen LogP contribution in [-0.2, 0) is 0 Å². The predicted octanol–water partition coefficient (Wildman–Crippen LogP) is 4.01. The van der Waals surface area contributed by atoms with E-state index in [4.69, 9.17) is 0 Å². The summed E-state index contributed by atoms with van der Waals surface area (Å²) < 4.78 is 0. The number of phenols is 1. The fourth-order valence-corrected chi connectivity index (χ4v) is 5.77. The van der Waals surface area contributed by atoms with Gasteiger partial charge in [-0.15, -0.1) is 0 Å². The summed E-state index contributed by atoms with van der Waals surface area (Å²) in [5.41, 5.74) is 6.26. The van der Waals surface area contributed by atoms with E-state index in [1.54, 1.807) is 12.1 Å². The second kappa shape index (κ2) is 11.9. The Hall–Kier alpha value is -3.16. The number of nitrogens with zero attached hydrogens (tertiary/aromatic N) is 1. The van der Waals surface area contributed by atoms with Crippen molar-refractivity contribution in [3.8, 4) is 5.75 Å². The Kier molecular flexibility index (Phi) is 8.21. The lowest BCUT2D eigenvalue weighted by atomic mass is 9.87. The van der Waals surface area contributed by atoms with Gasteiger partial charge in [0.15, 0.2) is 0 Å². The highest BCUT2D eigenvalue weighted by Crippen LogP contribution is 2.36. The molecule has 2 aliphatic heterocycles. The Bertz CT molecular complexity index is 1170. The standard InChI is InChI=1S/C31H37N3O3/c35-16-4-7-29(22-5-2-1-3-6-22)31(24-10-14-28(36)15-11-24)23-8-12-27(13-9-23)33-30(37)21-34-19-25-17-32-18-26(25)20-34/h1-3,5-6,8-15,25-26,30,32-33,35-37H,4,7,16-21H2/b31-29+/t25-,26+,30?. The lowest BCUT2D eigenvalue weighted by Crippen LogP contribution is -2.36. The minimum absolute atomic E-state index is 0.120. The normalized spacial score (nSPS) is 20.9. The monoisotopic (exact) mass is 499 g/mol. The Balaban J connectivity index is 1.39. The van der Waals surface area contributed by atoms with Gasteiger partial charge < -0.3 is 26.0 Å². The van der Waals surface area contributed by atoms with Gasteiger partial charge in [-0.2, -0.15) is 0 Å². The second-order valence-corrected chi connectivity index (χ2v) is 10.2. The average molecular weight is 500 g/mol. The first-order valence-electron chi connectivity index (χ1n) is 13.3. The third kappa shape index (κ3) is 6.22. The molecule has 2 aliphatic rings. The quantitative estimate of drug-likeness (QED) is 0.214. The number of β-amino-alcohol motifs (C(OH)–C–C–N with tert-alkyl or cyclic N) is 1. The maximum atomic E-state index is 10.7. The summed E-state index contributed by atoms with van der Waals surface area (Å²) in [6, 6.07) is 25.7. The van der Waals surface area contributed by atoms with Gasteiger partial charge in [0.2, 0.25) is 0 Å². The zero-order chi connectivity index (χ0) is 25.6. The van der Waals surface area contributed by atoms with Gasteiger partial charge in [-0.3, -0.25) is 4.90 Å². The molecule has 0 radical (unpaired) electrons. The van der Waals surface area contributed by atoms with Crippen molar-refractivity contribution >= 4 is 16.8 Å². The second-order valence-electron chi connectivity index (χ2n) is 10.2. The number of likely N-dealkylation sites (tertiary alicyclic amines) is 1. The van der Waals surface area contributed by atoms with Gasteiger partial charge >= 0.3 is 0 Å². The topological polar surface area (TPSA) is 88.0 Å². The number of anilines is 1. The van der Waals surface area contributed by atoms with Gasteiger partial charge in [0.05, 0.1) is 0 Å². The minimum Gasteiger partial charge on any atom is -0.508 e. The molecule has 2 saturated heterocycles. The van der Waals surface area contributed by atoms with Crippen molar-refractivity contribution in [3.63, 3.8) is 0 Å². The number of hydrogen-bond acceptors (Lipinski definition) is 6. The molecule has 6 nitrogen and oxygen atoms in total. The van der Waals surface area contributed by atoms with Crippen molar-refractivity contribution < 1.29 is 15.3 Å². The van der Waals surface area contributed by atoms with Crippen LogP contribution in [0.4, 0.5) is 5.69 Å². The molecule has 2 fully saturated rings. The van der Waals surface area contributed by atoms with Crippen LogP contribution in [0.15, 0.2) is 78.9 Å². The van der Waals surface area contributed by atoms with Crippen LogP contribution in [0.3, 0.4) is 0 Å². The van der Waals surface area contributed by atoms with Crippen LogP contribution in [0.5, 0.6) is 5.75 Å². The SMILES string of the molecule is OCCC/C(=C(\c1ccc(O)cc1)c1ccc(NC(O)CN2C[C@H]3CNC[C@H]3C2)cc1)c1ccccc1. The van der Waals surface area contributed by atoms with E-state index < -0.39 is 6.23 Å². The summed E-state index contributed by atoms with van der Waals surface area (Å²) in [5.74, 6) is 1.65. The fraction of sp³-hybridized carbons (Fsp3) is 0.355. The molecule has 3 atom stereocenters. The van der Waals surface area contributed by atoms with Crippen LogP contribution in [0.2, 0.25) is 0 Å². The number of aliphatic hydroxyl groups is 2. The minimum atomic E-state index is -0.630. The van der Waals surface area contributed by atoms with Crippen LogP contribution in [0.25, 0.3) is 11.1 Å². The predicted molar refractivity (Wildman–Crippen MR) is 149 cm³/mol. The lowest BCUT2D eigenvalue weighted by molar-refractivity contribution is 0.143. The molecule has 1 unspecified atom stereocenters. The Morgan fingerprint density at radius 3 is 2.11 bits per heavy atom. The number of aliphatic hydroxyl groups excluding tert-OH is 2. The van der Waals surface area contributed by atoms with E-state index in [0.29, 0.717) is 24.8 Å². The molecule has 37 heavy (non-hydrogen) atoms. The van der Waals surface area contributed by atoms with Gasteiger partial charge in [-0.1, -0.05) is 54.6 Å². The number of aromatic hydroxyl groups is 1. The molecule has 0 bridgehead atoms. The molecule has 0 aromatic heterocycles. The summed E-state index contributed by atoms with van der Waals surface area (Å²) in [6.45, 7) is 5.01. The van der Waals surface area contributed by atoms with Gasteiger partial charge in [0.1, 0.15) is 12.0 Å². The molecular formula is C31H37N3O3. The van der Waals surface area contributed by atoms with Crippen LogP contribution >= 0.6 is 0 Å². The van der Waals surface area contributed by atoms with Gasteiger partial charge in [0.25, 0.3) is 0 Å². The molecule has 0 saturated carbocycles. The molecule has 0 aliphatic carbocycles. The Morgan fingerprint density at radius 2 is 1.49 bits per heavy atom. The van der Waals surface area contributed by atoms with E-state index in [0.717, 1.165) is 66.1 Å². The highest BCUT2D eigenvalue weighted by Gasteiger charge is 2.36. The summed E-state index contributed by atoms with van der Waals surface area (Å²) in [6.07, 6.45) is 0.753. The molecule has 6 heteroatoms. The number of hydrogen-bond donors (Lipinski definition) is 5. The van der Waals surface area contributed by atoms with Gasteiger partial charge in [0, 0.05) is 31.9 Å². The maximum absolute atomic E-state index is 10.7. The number of phenolic OH excluding ortho intramolecular Hbond substituents is 1. The zero-order valence-electron chi connectivity index (χ0n) is 21.2. The van der Waals surface area contributed by atoms with Crippen molar-refractivity contribution in [3.05, 3.63) is 95.6 Å². The van der Waals surface area contributed by atoms with Crippen molar-refractivity contribution in [1.29, 1.82) is 0 Å². The van der Waals surface area contributed by atoms with Crippen molar-refractivity contribution in [1.82, 2.24) is 10.2 Å². The smallest absolute Gasteiger partial charge is 0.137 e. The van der Waals surface area contributed by atoms with E-state index in [1.165, 1.54) is 0 Å². The first kappa shape index (κ1) is 25.5. The van der Waals surface area contributed by atoms with Crippen LogP contribution in [0, 0.1) is 11.8 Å². The summed E-state index contributed by atoms with van der Waals surface area (Å²) >= 11 is 0. The van der Waals surface area contributed by atoms with Crippen molar-refractivity contribution in [2.75, 3.05) is 44.6 Å². The van der Waals surface area contributed by atoms with Gasteiger partial charge in [-0.25, -0.2) is 0 Å². The summed E-state index contributed by atoms with van der Waals surface area (Å²) in [5, 5.41) is 36.9. The highest BCUT2D eigenvalue weighted by atomic mass is 16.3. The van der Waals surface area contributed by atoms with Crippen molar-refractivity contribution in [2.45, 2.75) is 19.1 Å². The maximum Gasteiger partial charge on any atom is 0.137 e. The number of allylic oxidation sites excluding steroid dienone is 1. The summed E-state index contributed by atoms with van der Waals surface area (Å²) in [7, 11) is 0. The Labute approximate surface area is 219 Å².